The average molecular weight is 324 g/mol. The van der Waals surface area contributed by atoms with E-state index in [2.05, 4.69) is 52.5 Å². The number of anilines is 2. The molecule has 2 aromatic rings. The SMILES string of the molecule is CCCCNc1cc(N)nc(-c2ccc(CN3CCCC3)cc2)c1. The molecule has 3 N–H and O–H groups in total. The Labute approximate surface area is 145 Å². The second-order valence-corrected chi connectivity index (χ2v) is 6.63. The van der Waals surface area contributed by atoms with E-state index in [1.165, 1.54) is 37.9 Å². The van der Waals surface area contributed by atoms with E-state index in [1.807, 2.05) is 6.07 Å². The molecule has 0 unspecified atom stereocenters. The summed E-state index contributed by atoms with van der Waals surface area (Å²) in [5, 5.41) is 3.43. The number of benzene rings is 1. The number of nitrogens with two attached hydrogens (primary N) is 1. The number of nitrogens with zero attached hydrogens (tertiary/aromatic N) is 2. The van der Waals surface area contributed by atoms with Crippen molar-refractivity contribution < 1.29 is 0 Å². The zero-order valence-corrected chi connectivity index (χ0v) is 14.6. The molecule has 2 heterocycles. The lowest BCUT2D eigenvalue weighted by Gasteiger charge is -2.15. The van der Waals surface area contributed by atoms with Crippen LogP contribution in [0.4, 0.5) is 11.5 Å². The first-order valence-electron chi connectivity index (χ1n) is 9.07. The lowest BCUT2D eigenvalue weighted by atomic mass is 10.1. The molecule has 0 atom stereocenters. The third-order valence-corrected chi connectivity index (χ3v) is 4.56. The van der Waals surface area contributed by atoms with Crippen molar-refractivity contribution in [1.82, 2.24) is 9.88 Å². The Balaban J connectivity index is 1.70. The maximum absolute atomic E-state index is 5.98. The van der Waals surface area contributed by atoms with Crippen LogP contribution >= 0.6 is 0 Å². The lowest BCUT2D eigenvalue weighted by Crippen LogP contribution is -2.18. The van der Waals surface area contributed by atoms with Gasteiger partial charge >= 0.3 is 0 Å². The first-order valence-corrected chi connectivity index (χ1v) is 9.07. The highest BCUT2D eigenvalue weighted by molar-refractivity contribution is 5.67. The van der Waals surface area contributed by atoms with Crippen molar-refractivity contribution in [3.05, 3.63) is 42.0 Å². The third kappa shape index (κ3) is 4.48. The fourth-order valence-corrected chi connectivity index (χ4v) is 3.19. The van der Waals surface area contributed by atoms with Crippen molar-refractivity contribution >= 4 is 11.5 Å². The van der Waals surface area contributed by atoms with Crippen LogP contribution in [0.2, 0.25) is 0 Å². The van der Waals surface area contributed by atoms with Gasteiger partial charge in [-0.05, 0) is 44.0 Å². The normalized spacial score (nSPS) is 14.9. The second-order valence-electron chi connectivity index (χ2n) is 6.63. The topological polar surface area (TPSA) is 54.2 Å². The number of hydrogen-bond acceptors (Lipinski definition) is 4. The Hall–Kier alpha value is -2.07. The maximum Gasteiger partial charge on any atom is 0.126 e. The van der Waals surface area contributed by atoms with Gasteiger partial charge in [-0.2, -0.15) is 0 Å². The quantitative estimate of drug-likeness (QED) is 0.752. The van der Waals surface area contributed by atoms with E-state index < -0.39 is 0 Å². The third-order valence-electron chi connectivity index (χ3n) is 4.56. The predicted molar refractivity (Wildman–Crippen MR) is 102 cm³/mol. The molecule has 0 bridgehead atoms. The molecular weight excluding hydrogens is 296 g/mol. The van der Waals surface area contributed by atoms with Gasteiger partial charge in [0.2, 0.25) is 0 Å². The van der Waals surface area contributed by atoms with Crippen LogP contribution in [-0.4, -0.2) is 29.5 Å². The van der Waals surface area contributed by atoms with Crippen LogP contribution in [0.1, 0.15) is 38.2 Å². The van der Waals surface area contributed by atoms with E-state index in [1.54, 1.807) is 0 Å². The first-order chi connectivity index (χ1) is 11.7. The molecule has 1 aromatic carbocycles. The molecule has 0 aliphatic carbocycles. The van der Waals surface area contributed by atoms with Crippen molar-refractivity contribution in [2.45, 2.75) is 39.2 Å². The van der Waals surface area contributed by atoms with E-state index in [0.29, 0.717) is 5.82 Å². The van der Waals surface area contributed by atoms with Gasteiger partial charge in [-0.3, -0.25) is 4.90 Å². The number of hydrogen-bond donors (Lipinski definition) is 2. The van der Waals surface area contributed by atoms with Crippen LogP contribution < -0.4 is 11.1 Å². The minimum atomic E-state index is 0.563. The lowest BCUT2D eigenvalue weighted by molar-refractivity contribution is 0.331. The molecule has 1 aromatic heterocycles. The summed E-state index contributed by atoms with van der Waals surface area (Å²) < 4.78 is 0. The van der Waals surface area contributed by atoms with Gasteiger partial charge in [-0.15, -0.1) is 0 Å². The average Bonchev–Trinajstić information content (AvgIpc) is 3.08. The molecule has 1 saturated heterocycles. The monoisotopic (exact) mass is 324 g/mol. The van der Waals surface area contributed by atoms with E-state index >= 15 is 0 Å². The molecule has 1 aliphatic rings. The number of nitrogen functional groups attached to an aromatic ring is 1. The van der Waals surface area contributed by atoms with Crippen LogP contribution in [0, 0.1) is 0 Å². The molecule has 3 rings (SSSR count). The van der Waals surface area contributed by atoms with Gasteiger partial charge in [0.05, 0.1) is 5.69 Å². The summed E-state index contributed by atoms with van der Waals surface area (Å²) in [6, 6.07) is 12.7. The van der Waals surface area contributed by atoms with E-state index in [0.717, 1.165) is 36.5 Å². The van der Waals surface area contributed by atoms with Crippen molar-refractivity contribution in [2.24, 2.45) is 0 Å². The molecule has 24 heavy (non-hydrogen) atoms. The first kappa shape index (κ1) is 16.8. The highest BCUT2D eigenvalue weighted by atomic mass is 15.1. The fraction of sp³-hybridized carbons (Fsp3) is 0.450. The summed E-state index contributed by atoms with van der Waals surface area (Å²) in [4.78, 5) is 7.01. The summed E-state index contributed by atoms with van der Waals surface area (Å²) >= 11 is 0. The highest BCUT2D eigenvalue weighted by Crippen LogP contribution is 2.24. The molecule has 0 saturated carbocycles. The Morgan fingerprint density at radius 3 is 2.58 bits per heavy atom. The standard InChI is InChI=1S/C20H28N4/c1-2-3-10-22-18-13-19(23-20(21)14-18)17-8-6-16(7-9-17)15-24-11-4-5-12-24/h6-9,13-14H,2-5,10-12,15H2,1H3,(H3,21,22,23). The minimum Gasteiger partial charge on any atom is -0.385 e. The number of unbranched alkanes of at least 4 members (excludes halogenated alkanes) is 1. The van der Waals surface area contributed by atoms with Crippen LogP contribution in [0.25, 0.3) is 11.3 Å². The molecule has 0 radical (unpaired) electrons. The van der Waals surface area contributed by atoms with Crippen LogP contribution in [0.3, 0.4) is 0 Å². The number of pyridine rings is 1. The summed E-state index contributed by atoms with van der Waals surface area (Å²) in [6.07, 6.45) is 5.00. The van der Waals surface area contributed by atoms with Crippen molar-refractivity contribution in [2.75, 3.05) is 30.7 Å². The van der Waals surface area contributed by atoms with Gasteiger partial charge in [0, 0.05) is 30.4 Å². The van der Waals surface area contributed by atoms with Crippen LogP contribution in [0.15, 0.2) is 36.4 Å². The minimum absolute atomic E-state index is 0.563. The number of nitrogens with one attached hydrogen (secondary N) is 1. The summed E-state index contributed by atoms with van der Waals surface area (Å²) in [7, 11) is 0. The van der Waals surface area contributed by atoms with Crippen LogP contribution in [0.5, 0.6) is 0 Å². The van der Waals surface area contributed by atoms with Crippen LogP contribution in [-0.2, 0) is 6.54 Å². The molecule has 4 nitrogen and oxygen atoms in total. The smallest absolute Gasteiger partial charge is 0.126 e. The Morgan fingerprint density at radius 2 is 1.88 bits per heavy atom. The highest BCUT2D eigenvalue weighted by Gasteiger charge is 2.11. The van der Waals surface area contributed by atoms with Gasteiger partial charge in [-0.1, -0.05) is 37.6 Å². The molecule has 1 aliphatic heterocycles. The second kappa shape index (κ2) is 8.15. The Kier molecular flexibility index (Phi) is 5.70. The van der Waals surface area contributed by atoms with Gasteiger partial charge in [-0.25, -0.2) is 4.98 Å². The largest absolute Gasteiger partial charge is 0.385 e. The maximum atomic E-state index is 5.98. The molecule has 0 amide bonds. The zero-order valence-electron chi connectivity index (χ0n) is 14.6. The molecule has 1 fully saturated rings. The summed E-state index contributed by atoms with van der Waals surface area (Å²) in [6.45, 7) is 6.66. The van der Waals surface area contributed by atoms with Crippen molar-refractivity contribution in [3.63, 3.8) is 0 Å². The number of rotatable bonds is 7. The van der Waals surface area contributed by atoms with E-state index in [-0.39, 0.29) is 0 Å². The van der Waals surface area contributed by atoms with E-state index in [9.17, 15) is 0 Å². The molecule has 0 spiro atoms. The van der Waals surface area contributed by atoms with Crippen molar-refractivity contribution in [1.29, 1.82) is 0 Å². The van der Waals surface area contributed by atoms with E-state index in [4.69, 9.17) is 5.73 Å². The molecule has 128 valence electrons. The number of likely N-dealkylation sites (tertiary alicyclic amines) is 1. The van der Waals surface area contributed by atoms with Gasteiger partial charge in [0.15, 0.2) is 0 Å². The Morgan fingerprint density at radius 1 is 1.12 bits per heavy atom. The number of aromatic nitrogens is 1. The van der Waals surface area contributed by atoms with Gasteiger partial charge < -0.3 is 11.1 Å². The summed E-state index contributed by atoms with van der Waals surface area (Å²) in [5.74, 6) is 0.563. The van der Waals surface area contributed by atoms with Gasteiger partial charge in [0.25, 0.3) is 0 Å². The summed E-state index contributed by atoms with van der Waals surface area (Å²) in [5.41, 5.74) is 10.4. The molecule has 4 heteroatoms. The van der Waals surface area contributed by atoms with Gasteiger partial charge in [0.1, 0.15) is 5.82 Å². The Bertz CT molecular complexity index is 645. The molecular formula is C20H28N4. The van der Waals surface area contributed by atoms with Crippen molar-refractivity contribution in [3.8, 4) is 11.3 Å². The predicted octanol–water partition coefficient (Wildman–Crippen LogP) is 4.14. The fourth-order valence-electron chi connectivity index (χ4n) is 3.19. The zero-order chi connectivity index (χ0) is 16.8.